The Morgan fingerprint density at radius 2 is 2.46 bits per heavy atom. The maximum atomic E-state index is 10.4. The summed E-state index contributed by atoms with van der Waals surface area (Å²) in [6.45, 7) is -0.243. The topological polar surface area (TPSA) is 93.8 Å². The number of carboxylic acid groups (broad SMARTS) is 1. The van der Waals surface area contributed by atoms with E-state index in [1.54, 1.807) is 0 Å². The summed E-state index contributed by atoms with van der Waals surface area (Å²) >= 11 is 0. The lowest BCUT2D eigenvalue weighted by Gasteiger charge is -1.94. The zero-order chi connectivity index (χ0) is 9.26. The molecule has 13 heavy (non-hydrogen) atoms. The Kier molecular flexibility index (Phi) is 1.62. The lowest BCUT2D eigenvalue weighted by atomic mass is 10.5. The third-order valence-electron chi connectivity index (χ3n) is 1.46. The van der Waals surface area contributed by atoms with Gasteiger partial charge in [0.05, 0.1) is 6.20 Å². The van der Waals surface area contributed by atoms with Crippen molar-refractivity contribution in [2.24, 2.45) is 0 Å². The summed E-state index contributed by atoms with van der Waals surface area (Å²) in [7, 11) is 0. The Morgan fingerprint density at radius 1 is 1.62 bits per heavy atom. The lowest BCUT2D eigenvalue weighted by Crippen LogP contribution is -2.10. The summed E-state index contributed by atoms with van der Waals surface area (Å²) in [5.41, 5.74) is 0.918. The molecule has 0 unspecified atom stereocenters. The number of carboxylic acids is 1. The number of hydrogen-bond acceptors (Lipinski definition) is 5. The quantitative estimate of drug-likeness (QED) is 0.655. The molecule has 2 rings (SSSR count). The molecule has 0 aromatic carbocycles. The van der Waals surface area contributed by atoms with Gasteiger partial charge in [-0.15, -0.1) is 5.10 Å². The van der Waals surface area contributed by atoms with Gasteiger partial charge in [0.15, 0.2) is 11.2 Å². The highest BCUT2D eigenvalue weighted by molar-refractivity contribution is 5.72. The van der Waals surface area contributed by atoms with Crippen molar-refractivity contribution in [3.63, 3.8) is 0 Å². The van der Waals surface area contributed by atoms with Crippen molar-refractivity contribution in [2.45, 2.75) is 6.54 Å². The molecule has 0 spiro atoms. The number of fused-ring (bicyclic) bond motifs is 1. The normalized spacial score (nSPS) is 10.5. The molecule has 0 amide bonds. The number of nitrogens with zero attached hydrogens (tertiary/aromatic N) is 5. The molecule has 0 radical (unpaired) electrons. The molecule has 0 aliphatic rings. The standard InChI is InChI=1S/C6H5N5O2/c12-5(13)2-11-6-4(9-10-11)1-7-3-8-6/h1,3H,2H2,(H,12,13). The molecule has 7 nitrogen and oxygen atoms in total. The Bertz CT molecular complexity index is 451. The van der Waals surface area contributed by atoms with Gasteiger partial charge in [-0.05, 0) is 0 Å². The third-order valence-corrected chi connectivity index (χ3v) is 1.46. The molecule has 0 fully saturated rings. The number of hydrogen-bond donors (Lipinski definition) is 1. The molecule has 1 N–H and O–H groups in total. The predicted molar refractivity (Wildman–Crippen MR) is 40.8 cm³/mol. The summed E-state index contributed by atoms with van der Waals surface area (Å²) in [5.74, 6) is -0.981. The predicted octanol–water partition coefficient (Wildman–Crippen LogP) is -0.694. The maximum Gasteiger partial charge on any atom is 0.325 e. The first kappa shape index (κ1) is 7.59. The van der Waals surface area contributed by atoms with Crippen LogP contribution in [0.3, 0.4) is 0 Å². The molecule has 2 aromatic rings. The second-order valence-corrected chi connectivity index (χ2v) is 2.37. The largest absolute Gasteiger partial charge is 0.480 e. The average molecular weight is 179 g/mol. The van der Waals surface area contributed by atoms with Gasteiger partial charge in [0.2, 0.25) is 0 Å². The summed E-state index contributed by atoms with van der Waals surface area (Å²) < 4.78 is 1.21. The van der Waals surface area contributed by atoms with Crippen molar-refractivity contribution in [2.75, 3.05) is 0 Å². The Hall–Kier alpha value is -2.05. The van der Waals surface area contributed by atoms with Crippen molar-refractivity contribution >= 4 is 17.1 Å². The Labute approximate surface area is 72.0 Å². The minimum Gasteiger partial charge on any atom is -0.480 e. The van der Waals surface area contributed by atoms with Gasteiger partial charge < -0.3 is 5.11 Å². The summed E-state index contributed by atoms with van der Waals surface area (Å²) in [4.78, 5) is 18.0. The summed E-state index contributed by atoms with van der Waals surface area (Å²) in [6.07, 6.45) is 2.80. The monoisotopic (exact) mass is 179 g/mol. The van der Waals surface area contributed by atoms with Crippen molar-refractivity contribution in [3.05, 3.63) is 12.5 Å². The molecule has 2 aromatic heterocycles. The fourth-order valence-corrected chi connectivity index (χ4v) is 0.964. The zero-order valence-corrected chi connectivity index (χ0v) is 6.45. The van der Waals surface area contributed by atoms with Crippen molar-refractivity contribution in [1.82, 2.24) is 25.0 Å². The van der Waals surface area contributed by atoms with E-state index in [1.165, 1.54) is 17.2 Å². The highest BCUT2D eigenvalue weighted by atomic mass is 16.4. The minimum atomic E-state index is -0.981. The number of aliphatic carboxylic acids is 1. The fourth-order valence-electron chi connectivity index (χ4n) is 0.964. The van der Waals surface area contributed by atoms with Crippen LogP contribution in [0.25, 0.3) is 11.2 Å². The smallest absolute Gasteiger partial charge is 0.325 e. The third kappa shape index (κ3) is 1.31. The molecule has 0 bridgehead atoms. The summed E-state index contributed by atoms with van der Waals surface area (Å²) in [5, 5.41) is 15.8. The van der Waals surface area contributed by atoms with Crippen molar-refractivity contribution < 1.29 is 9.90 Å². The molecular formula is C6H5N5O2. The molecule has 0 saturated carbocycles. The van der Waals surface area contributed by atoms with Crippen LogP contribution in [-0.2, 0) is 11.3 Å². The van der Waals surface area contributed by atoms with E-state index >= 15 is 0 Å². The van der Waals surface area contributed by atoms with E-state index in [0.717, 1.165) is 0 Å². The van der Waals surface area contributed by atoms with Crippen LogP contribution in [-0.4, -0.2) is 36.0 Å². The van der Waals surface area contributed by atoms with Crippen LogP contribution in [0, 0.1) is 0 Å². The van der Waals surface area contributed by atoms with E-state index in [9.17, 15) is 4.79 Å². The Morgan fingerprint density at radius 3 is 3.23 bits per heavy atom. The molecular weight excluding hydrogens is 174 g/mol. The second kappa shape index (κ2) is 2.77. The second-order valence-electron chi connectivity index (χ2n) is 2.37. The van der Waals surface area contributed by atoms with Crippen LogP contribution in [0.4, 0.5) is 0 Å². The first-order valence-electron chi connectivity index (χ1n) is 3.48. The van der Waals surface area contributed by atoms with E-state index in [1.807, 2.05) is 0 Å². The van der Waals surface area contributed by atoms with Crippen LogP contribution in [0.1, 0.15) is 0 Å². The summed E-state index contributed by atoms with van der Waals surface area (Å²) in [6, 6.07) is 0. The van der Waals surface area contributed by atoms with Crippen molar-refractivity contribution in [3.8, 4) is 0 Å². The molecule has 0 atom stereocenters. The van der Waals surface area contributed by atoms with Gasteiger partial charge in [-0.2, -0.15) is 0 Å². The first-order chi connectivity index (χ1) is 6.27. The van der Waals surface area contributed by atoms with E-state index < -0.39 is 5.97 Å². The molecule has 7 heteroatoms. The zero-order valence-electron chi connectivity index (χ0n) is 6.45. The van der Waals surface area contributed by atoms with Gasteiger partial charge in [-0.3, -0.25) is 4.79 Å². The van der Waals surface area contributed by atoms with Crippen LogP contribution >= 0.6 is 0 Å². The molecule has 2 heterocycles. The first-order valence-corrected chi connectivity index (χ1v) is 3.48. The Balaban J connectivity index is 2.51. The average Bonchev–Trinajstić information content (AvgIpc) is 2.48. The molecule has 66 valence electrons. The number of aromatic nitrogens is 5. The minimum absolute atomic E-state index is 0.243. The van der Waals surface area contributed by atoms with Gasteiger partial charge in [-0.1, -0.05) is 5.21 Å². The molecule has 0 saturated heterocycles. The van der Waals surface area contributed by atoms with E-state index in [0.29, 0.717) is 11.2 Å². The van der Waals surface area contributed by atoms with Crippen LogP contribution in [0.5, 0.6) is 0 Å². The van der Waals surface area contributed by atoms with E-state index in [2.05, 4.69) is 20.3 Å². The SMILES string of the molecule is O=C(O)Cn1nnc2cncnc21. The molecule has 0 aliphatic heterocycles. The van der Waals surface area contributed by atoms with Crippen LogP contribution in [0.2, 0.25) is 0 Å². The van der Waals surface area contributed by atoms with Gasteiger partial charge in [0, 0.05) is 0 Å². The van der Waals surface area contributed by atoms with Crippen LogP contribution < -0.4 is 0 Å². The number of rotatable bonds is 2. The maximum absolute atomic E-state index is 10.4. The van der Waals surface area contributed by atoms with Gasteiger partial charge >= 0.3 is 5.97 Å². The van der Waals surface area contributed by atoms with Crippen molar-refractivity contribution in [1.29, 1.82) is 0 Å². The van der Waals surface area contributed by atoms with Crippen LogP contribution in [0.15, 0.2) is 12.5 Å². The van der Waals surface area contributed by atoms with Gasteiger partial charge in [0.1, 0.15) is 12.9 Å². The van der Waals surface area contributed by atoms with E-state index in [4.69, 9.17) is 5.11 Å². The van der Waals surface area contributed by atoms with Gasteiger partial charge in [-0.25, -0.2) is 14.6 Å². The number of carbonyl (C=O) groups is 1. The lowest BCUT2D eigenvalue weighted by molar-refractivity contribution is -0.137. The van der Waals surface area contributed by atoms with E-state index in [-0.39, 0.29) is 6.54 Å². The fraction of sp³-hybridized carbons (Fsp3) is 0.167. The highest BCUT2D eigenvalue weighted by Gasteiger charge is 2.07. The molecule has 0 aliphatic carbocycles. The van der Waals surface area contributed by atoms with Gasteiger partial charge in [0.25, 0.3) is 0 Å². The highest BCUT2D eigenvalue weighted by Crippen LogP contribution is 2.03.